The van der Waals surface area contributed by atoms with Gasteiger partial charge in [0.1, 0.15) is 18.1 Å². The zero-order valence-corrected chi connectivity index (χ0v) is 25.1. The summed E-state index contributed by atoms with van der Waals surface area (Å²) in [6.07, 6.45) is 4.62. The van der Waals surface area contributed by atoms with Crippen molar-refractivity contribution in [2.45, 2.75) is 63.7 Å². The van der Waals surface area contributed by atoms with Gasteiger partial charge in [-0.3, -0.25) is 14.4 Å². The Kier molecular flexibility index (Phi) is 12.4. The number of aromatic nitrogens is 1. The number of aliphatic carboxylic acids is 1. The molecule has 4 atom stereocenters. The average molecular weight is 596 g/mol. The number of thioether (sulfide) groups is 1. The van der Waals surface area contributed by atoms with Crippen LogP contribution in [0, 0.1) is 5.92 Å². The Morgan fingerprint density at radius 3 is 2.14 bits per heavy atom. The predicted octanol–water partition coefficient (Wildman–Crippen LogP) is 2.62. The highest BCUT2D eigenvalue weighted by Gasteiger charge is 2.31. The smallest absolute Gasteiger partial charge is 0.326 e. The minimum Gasteiger partial charge on any atom is -0.480 e. The number of carboxylic acids is 1. The third-order valence-corrected chi connectivity index (χ3v) is 7.58. The van der Waals surface area contributed by atoms with E-state index in [1.807, 2.05) is 74.7 Å². The van der Waals surface area contributed by atoms with Crippen molar-refractivity contribution in [2.24, 2.45) is 11.7 Å². The van der Waals surface area contributed by atoms with Crippen LogP contribution >= 0.6 is 11.8 Å². The molecule has 1 heterocycles. The number of hydrogen-bond acceptors (Lipinski definition) is 6. The summed E-state index contributed by atoms with van der Waals surface area (Å²) in [5, 5.41) is 18.9. The van der Waals surface area contributed by atoms with E-state index in [1.54, 1.807) is 6.20 Å². The number of H-pyrrole nitrogens is 1. The van der Waals surface area contributed by atoms with Crippen LogP contribution in [0.4, 0.5) is 0 Å². The Bertz CT molecular complexity index is 1350. The maximum atomic E-state index is 13.4. The first kappa shape index (κ1) is 32.7. The van der Waals surface area contributed by atoms with Crippen LogP contribution in [-0.2, 0) is 32.0 Å². The van der Waals surface area contributed by atoms with Gasteiger partial charge in [0, 0.05) is 23.5 Å². The number of para-hydroxylation sites is 1. The number of amides is 3. The molecule has 11 heteroatoms. The molecule has 226 valence electrons. The number of fused-ring (bicyclic) bond motifs is 1. The molecule has 0 radical (unpaired) electrons. The summed E-state index contributed by atoms with van der Waals surface area (Å²) in [4.78, 5) is 55.0. The Morgan fingerprint density at radius 1 is 0.857 bits per heavy atom. The second-order valence-electron chi connectivity index (χ2n) is 10.8. The van der Waals surface area contributed by atoms with E-state index in [0.29, 0.717) is 18.6 Å². The molecule has 3 amide bonds. The highest BCUT2D eigenvalue weighted by molar-refractivity contribution is 7.98. The molecule has 7 N–H and O–H groups in total. The van der Waals surface area contributed by atoms with Crippen LogP contribution < -0.4 is 21.7 Å². The van der Waals surface area contributed by atoms with Crippen molar-refractivity contribution in [3.63, 3.8) is 0 Å². The Hall–Kier alpha value is -3.83. The van der Waals surface area contributed by atoms with Crippen molar-refractivity contribution in [3.05, 3.63) is 71.9 Å². The lowest BCUT2D eigenvalue weighted by Gasteiger charge is -2.26. The van der Waals surface area contributed by atoms with E-state index in [9.17, 15) is 24.3 Å². The first-order valence-corrected chi connectivity index (χ1v) is 15.5. The molecule has 0 aliphatic rings. The third kappa shape index (κ3) is 9.63. The second kappa shape index (κ2) is 16.0. The van der Waals surface area contributed by atoms with Crippen molar-refractivity contribution in [2.75, 3.05) is 12.0 Å². The third-order valence-electron chi connectivity index (χ3n) is 6.93. The number of nitrogens with one attached hydrogen (secondary N) is 4. The molecular weight excluding hydrogens is 554 g/mol. The molecule has 10 nitrogen and oxygen atoms in total. The lowest BCUT2D eigenvalue weighted by atomic mass is 10.0. The number of nitrogens with two attached hydrogens (primary N) is 1. The molecule has 3 rings (SSSR count). The van der Waals surface area contributed by atoms with Crippen molar-refractivity contribution in [1.29, 1.82) is 0 Å². The van der Waals surface area contributed by atoms with Gasteiger partial charge in [0.15, 0.2) is 0 Å². The number of hydrogen-bond donors (Lipinski definition) is 6. The number of carbonyl (C=O) groups excluding carboxylic acids is 3. The van der Waals surface area contributed by atoms with Gasteiger partial charge in [-0.1, -0.05) is 62.4 Å². The average Bonchev–Trinajstić information content (AvgIpc) is 3.37. The van der Waals surface area contributed by atoms with E-state index in [0.717, 1.165) is 22.0 Å². The Labute approximate surface area is 250 Å². The molecule has 0 saturated carbocycles. The number of benzene rings is 2. The number of carbonyl (C=O) groups is 4. The molecule has 0 aliphatic heterocycles. The first-order valence-electron chi connectivity index (χ1n) is 14.1. The summed E-state index contributed by atoms with van der Waals surface area (Å²) in [7, 11) is 0. The van der Waals surface area contributed by atoms with E-state index in [1.165, 1.54) is 11.8 Å². The van der Waals surface area contributed by atoms with Gasteiger partial charge >= 0.3 is 5.97 Å². The van der Waals surface area contributed by atoms with Crippen LogP contribution in [0.3, 0.4) is 0 Å². The molecule has 3 aromatic rings. The summed E-state index contributed by atoms with van der Waals surface area (Å²) < 4.78 is 0. The van der Waals surface area contributed by atoms with Gasteiger partial charge in [-0.05, 0) is 54.4 Å². The van der Waals surface area contributed by atoms with Gasteiger partial charge in [-0.2, -0.15) is 11.8 Å². The van der Waals surface area contributed by atoms with Crippen LogP contribution in [0.15, 0.2) is 60.8 Å². The standard InChI is InChI=1S/C31H41N5O5S/c1-19(2)15-26(35-28(37)23(32)16-20-9-5-4-6-10-20)30(39)34-25(13-14-42-3)29(38)36-27(31(40)41)17-21-18-33-24-12-8-7-11-22(21)24/h4-12,18-19,23,25-27,33H,13-17,32H2,1-3H3,(H,34,39)(H,35,37)(H,36,38)(H,40,41). The molecule has 0 saturated heterocycles. The fraction of sp³-hybridized carbons (Fsp3) is 0.419. The normalized spacial score (nSPS) is 14.1. The van der Waals surface area contributed by atoms with E-state index in [2.05, 4.69) is 20.9 Å². The highest BCUT2D eigenvalue weighted by atomic mass is 32.2. The predicted molar refractivity (Wildman–Crippen MR) is 166 cm³/mol. The quantitative estimate of drug-likeness (QED) is 0.148. The maximum absolute atomic E-state index is 13.4. The zero-order valence-electron chi connectivity index (χ0n) is 24.3. The van der Waals surface area contributed by atoms with Gasteiger partial charge in [0.2, 0.25) is 17.7 Å². The lowest BCUT2D eigenvalue weighted by Crippen LogP contribution is -2.57. The van der Waals surface area contributed by atoms with Gasteiger partial charge in [-0.25, -0.2) is 4.79 Å². The largest absolute Gasteiger partial charge is 0.480 e. The minimum atomic E-state index is -1.20. The van der Waals surface area contributed by atoms with E-state index < -0.39 is 47.9 Å². The molecule has 42 heavy (non-hydrogen) atoms. The van der Waals surface area contributed by atoms with E-state index >= 15 is 0 Å². The summed E-state index contributed by atoms with van der Waals surface area (Å²) >= 11 is 1.50. The Balaban J connectivity index is 1.70. The van der Waals surface area contributed by atoms with Crippen LogP contribution in [0.1, 0.15) is 37.8 Å². The van der Waals surface area contributed by atoms with Crippen molar-refractivity contribution in [1.82, 2.24) is 20.9 Å². The SMILES string of the molecule is CSCCC(NC(=O)C(CC(C)C)NC(=O)C(N)Cc1ccccc1)C(=O)NC(Cc1c[nH]c2ccccc12)C(=O)O. The topological polar surface area (TPSA) is 166 Å². The van der Waals surface area contributed by atoms with Gasteiger partial charge < -0.3 is 31.8 Å². The molecule has 0 fully saturated rings. The summed E-state index contributed by atoms with van der Waals surface area (Å²) in [5.41, 5.74) is 8.68. The fourth-order valence-electron chi connectivity index (χ4n) is 4.71. The first-order chi connectivity index (χ1) is 20.1. The molecular formula is C31H41N5O5S. The van der Waals surface area contributed by atoms with E-state index in [-0.39, 0.29) is 18.8 Å². The highest BCUT2D eigenvalue weighted by Crippen LogP contribution is 2.19. The summed E-state index contributed by atoms with van der Waals surface area (Å²) in [5.74, 6) is -2.14. The lowest BCUT2D eigenvalue weighted by molar-refractivity contribution is -0.142. The monoisotopic (exact) mass is 595 g/mol. The van der Waals surface area contributed by atoms with Crippen molar-refractivity contribution in [3.8, 4) is 0 Å². The summed E-state index contributed by atoms with van der Waals surface area (Å²) in [6, 6.07) is 12.9. The number of rotatable bonds is 16. The molecule has 2 aromatic carbocycles. The van der Waals surface area contributed by atoms with E-state index in [4.69, 9.17) is 5.73 Å². The van der Waals surface area contributed by atoms with Crippen molar-refractivity contribution < 1.29 is 24.3 Å². The van der Waals surface area contributed by atoms with Crippen LogP contribution in [0.5, 0.6) is 0 Å². The number of aromatic amines is 1. The Morgan fingerprint density at radius 2 is 1.48 bits per heavy atom. The second-order valence-corrected chi connectivity index (χ2v) is 11.8. The molecule has 0 spiro atoms. The van der Waals surface area contributed by atoms with Gasteiger partial charge in [0.25, 0.3) is 0 Å². The minimum absolute atomic E-state index is 0.0671. The zero-order chi connectivity index (χ0) is 30.6. The number of carboxylic acid groups (broad SMARTS) is 1. The van der Waals surface area contributed by atoms with Crippen LogP contribution in [0.2, 0.25) is 0 Å². The summed E-state index contributed by atoms with van der Waals surface area (Å²) in [6.45, 7) is 3.85. The molecule has 0 bridgehead atoms. The molecule has 0 aliphatic carbocycles. The van der Waals surface area contributed by atoms with Gasteiger partial charge in [0.05, 0.1) is 6.04 Å². The van der Waals surface area contributed by atoms with Gasteiger partial charge in [-0.15, -0.1) is 0 Å². The fourth-order valence-corrected chi connectivity index (χ4v) is 5.18. The van der Waals surface area contributed by atoms with Crippen LogP contribution in [-0.4, -0.2) is 70.0 Å². The maximum Gasteiger partial charge on any atom is 0.326 e. The molecule has 4 unspecified atom stereocenters. The van der Waals surface area contributed by atoms with Crippen molar-refractivity contribution >= 4 is 46.4 Å². The molecule has 1 aromatic heterocycles. The van der Waals surface area contributed by atoms with Crippen LogP contribution in [0.25, 0.3) is 10.9 Å².